The number of phenolic OH excluding ortho intramolecular Hbond substituents is 1. The van der Waals surface area contributed by atoms with Crippen LogP contribution in [0.1, 0.15) is 16.8 Å². The minimum Gasteiger partial charge on any atom is -0.506 e. The van der Waals surface area contributed by atoms with Gasteiger partial charge < -0.3 is 15.5 Å². The number of hydrogen-bond donors (Lipinski definition) is 4. The van der Waals surface area contributed by atoms with E-state index in [4.69, 9.17) is 16.7 Å². The third-order valence-electron chi connectivity index (χ3n) is 2.23. The van der Waals surface area contributed by atoms with Crippen LogP contribution in [-0.2, 0) is 4.79 Å². The fourth-order valence-electron chi connectivity index (χ4n) is 1.28. The molecule has 0 saturated heterocycles. The van der Waals surface area contributed by atoms with E-state index in [-0.39, 0.29) is 22.8 Å². The van der Waals surface area contributed by atoms with Crippen LogP contribution < -0.4 is 5.32 Å². The van der Waals surface area contributed by atoms with Gasteiger partial charge in [0, 0.05) is 5.56 Å². The van der Waals surface area contributed by atoms with Crippen LogP contribution >= 0.6 is 24.2 Å². The Morgan fingerprint density at radius 1 is 1.44 bits per heavy atom. The molecule has 5 nitrogen and oxygen atoms in total. The molecule has 0 aliphatic heterocycles. The molecular weight excluding hydrogens is 278 g/mol. The second-order valence-electron chi connectivity index (χ2n) is 3.54. The Morgan fingerprint density at radius 3 is 2.61 bits per heavy atom. The average Bonchev–Trinajstić information content (AvgIpc) is 2.31. The van der Waals surface area contributed by atoms with Gasteiger partial charge in [0.05, 0.1) is 5.02 Å². The molecule has 1 aromatic carbocycles. The first-order valence-electron chi connectivity index (χ1n) is 5.08. The molecule has 0 heterocycles. The first-order valence-corrected chi connectivity index (χ1v) is 6.09. The quantitative estimate of drug-likeness (QED) is 0.620. The van der Waals surface area contributed by atoms with Crippen molar-refractivity contribution in [2.24, 2.45) is 0 Å². The van der Waals surface area contributed by atoms with E-state index in [0.717, 1.165) is 0 Å². The third-order valence-corrected chi connectivity index (χ3v) is 2.79. The molecule has 0 aliphatic carbocycles. The highest BCUT2D eigenvalue weighted by Gasteiger charge is 2.20. The number of benzene rings is 1. The van der Waals surface area contributed by atoms with Crippen LogP contribution in [0.3, 0.4) is 0 Å². The molecular formula is C11H12ClNO4S. The smallest absolute Gasteiger partial charge is 0.326 e. The van der Waals surface area contributed by atoms with E-state index in [0.29, 0.717) is 5.75 Å². The summed E-state index contributed by atoms with van der Waals surface area (Å²) in [5.41, 5.74) is 0.184. The van der Waals surface area contributed by atoms with Gasteiger partial charge in [-0.15, -0.1) is 0 Å². The van der Waals surface area contributed by atoms with Gasteiger partial charge in [-0.1, -0.05) is 11.6 Å². The number of carboxylic acids is 1. The van der Waals surface area contributed by atoms with Crippen molar-refractivity contribution >= 4 is 36.1 Å². The largest absolute Gasteiger partial charge is 0.506 e. The van der Waals surface area contributed by atoms with Gasteiger partial charge in [-0.3, -0.25) is 4.79 Å². The zero-order valence-corrected chi connectivity index (χ0v) is 10.9. The Balaban J connectivity index is 2.80. The Bertz CT molecular complexity index is 466. The molecule has 0 aromatic heterocycles. The summed E-state index contributed by atoms with van der Waals surface area (Å²) in [5, 5.41) is 20.5. The molecule has 0 aliphatic rings. The van der Waals surface area contributed by atoms with Gasteiger partial charge in [-0.05, 0) is 30.4 Å². The Kier molecular flexibility index (Phi) is 5.30. The predicted molar refractivity (Wildman–Crippen MR) is 70.5 cm³/mol. The Labute approximate surface area is 114 Å². The second-order valence-corrected chi connectivity index (χ2v) is 4.40. The molecule has 0 bridgehead atoms. The number of rotatable bonds is 5. The first kappa shape index (κ1) is 14.7. The van der Waals surface area contributed by atoms with Crippen molar-refractivity contribution < 1.29 is 19.8 Å². The number of hydrogen-bond acceptors (Lipinski definition) is 4. The molecule has 1 amide bonds. The fourth-order valence-corrected chi connectivity index (χ4v) is 1.71. The number of carbonyl (C=O) groups is 2. The monoisotopic (exact) mass is 289 g/mol. The lowest BCUT2D eigenvalue weighted by atomic mass is 10.1. The number of thiol groups is 1. The number of halogens is 1. The maximum atomic E-state index is 11.8. The van der Waals surface area contributed by atoms with Crippen molar-refractivity contribution in [3.63, 3.8) is 0 Å². The van der Waals surface area contributed by atoms with Crippen molar-refractivity contribution in [1.82, 2.24) is 5.32 Å². The topological polar surface area (TPSA) is 86.6 Å². The van der Waals surface area contributed by atoms with Crippen LogP contribution in [0.4, 0.5) is 0 Å². The molecule has 0 radical (unpaired) electrons. The van der Waals surface area contributed by atoms with E-state index in [2.05, 4.69) is 17.9 Å². The van der Waals surface area contributed by atoms with Gasteiger partial charge >= 0.3 is 5.97 Å². The van der Waals surface area contributed by atoms with E-state index < -0.39 is 17.9 Å². The number of nitrogens with one attached hydrogen (secondary N) is 1. The van der Waals surface area contributed by atoms with E-state index in [1.807, 2.05) is 0 Å². The minimum atomic E-state index is -1.12. The van der Waals surface area contributed by atoms with Crippen molar-refractivity contribution in [1.29, 1.82) is 0 Å². The molecule has 3 N–H and O–H groups in total. The Hall–Kier alpha value is -1.40. The molecule has 1 unspecified atom stereocenters. The molecule has 0 spiro atoms. The lowest BCUT2D eigenvalue weighted by Gasteiger charge is -2.13. The number of amides is 1. The number of carboxylic acid groups (broad SMARTS) is 1. The minimum absolute atomic E-state index is 0.0312. The van der Waals surface area contributed by atoms with Crippen LogP contribution in [-0.4, -0.2) is 33.9 Å². The van der Waals surface area contributed by atoms with Crippen LogP contribution in [0.25, 0.3) is 0 Å². The summed E-state index contributed by atoms with van der Waals surface area (Å²) in [6.07, 6.45) is 0.218. The van der Waals surface area contributed by atoms with Crippen LogP contribution in [0.5, 0.6) is 5.75 Å². The van der Waals surface area contributed by atoms with Gasteiger partial charge in [-0.25, -0.2) is 4.79 Å². The van der Waals surface area contributed by atoms with Gasteiger partial charge in [0.25, 0.3) is 5.91 Å². The summed E-state index contributed by atoms with van der Waals surface area (Å²) in [7, 11) is 0. The molecule has 0 fully saturated rings. The lowest BCUT2D eigenvalue weighted by Crippen LogP contribution is -2.41. The zero-order valence-electron chi connectivity index (χ0n) is 9.26. The predicted octanol–water partition coefficient (Wildman–Crippen LogP) is 1.55. The van der Waals surface area contributed by atoms with Gasteiger partial charge in [0.1, 0.15) is 11.8 Å². The number of phenols is 1. The third kappa shape index (κ3) is 3.82. The van der Waals surface area contributed by atoms with E-state index in [9.17, 15) is 14.7 Å². The highest BCUT2D eigenvalue weighted by atomic mass is 35.5. The van der Waals surface area contributed by atoms with E-state index >= 15 is 0 Å². The summed E-state index contributed by atoms with van der Waals surface area (Å²) in [4.78, 5) is 22.6. The highest BCUT2D eigenvalue weighted by Crippen LogP contribution is 2.23. The second kappa shape index (κ2) is 6.51. The summed E-state index contributed by atoms with van der Waals surface area (Å²) in [5.74, 6) is -1.49. The molecule has 98 valence electrons. The molecule has 7 heteroatoms. The van der Waals surface area contributed by atoms with Crippen molar-refractivity contribution in [3.05, 3.63) is 28.8 Å². The normalized spacial score (nSPS) is 11.9. The van der Waals surface area contributed by atoms with Gasteiger partial charge in [0.15, 0.2) is 0 Å². The fraction of sp³-hybridized carbons (Fsp3) is 0.273. The molecule has 1 rings (SSSR count). The lowest BCUT2D eigenvalue weighted by molar-refractivity contribution is -0.139. The summed E-state index contributed by atoms with van der Waals surface area (Å²) >= 11 is 9.58. The number of carbonyl (C=O) groups excluding carboxylic acids is 1. The first-order chi connectivity index (χ1) is 8.45. The van der Waals surface area contributed by atoms with Crippen molar-refractivity contribution in [2.45, 2.75) is 12.5 Å². The van der Waals surface area contributed by atoms with Crippen molar-refractivity contribution in [2.75, 3.05) is 5.75 Å². The number of aliphatic carboxylic acids is 1. The van der Waals surface area contributed by atoms with Crippen LogP contribution in [0.2, 0.25) is 5.02 Å². The standard InChI is InChI=1S/C11H12ClNO4S/c12-7-5-6(1-2-9(7)14)10(15)13-8(3-4-18)11(16)17/h1-2,5,8,14,18H,3-4H2,(H,13,15)(H,16,17). The van der Waals surface area contributed by atoms with Crippen molar-refractivity contribution in [3.8, 4) is 5.75 Å². The van der Waals surface area contributed by atoms with Crippen LogP contribution in [0.15, 0.2) is 18.2 Å². The maximum Gasteiger partial charge on any atom is 0.326 e. The average molecular weight is 290 g/mol. The highest BCUT2D eigenvalue weighted by molar-refractivity contribution is 7.80. The van der Waals surface area contributed by atoms with E-state index in [1.54, 1.807) is 0 Å². The summed E-state index contributed by atoms with van der Waals surface area (Å²) in [6, 6.07) is 2.90. The van der Waals surface area contributed by atoms with Crippen LogP contribution in [0, 0.1) is 0 Å². The zero-order chi connectivity index (χ0) is 13.7. The van der Waals surface area contributed by atoms with Gasteiger partial charge in [-0.2, -0.15) is 12.6 Å². The number of aromatic hydroxyl groups is 1. The maximum absolute atomic E-state index is 11.8. The van der Waals surface area contributed by atoms with Gasteiger partial charge in [0.2, 0.25) is 0 Å². The molecule has 18 heavy (non-hydrogen) atoms. The summed E-state index contributed by atoms with van der Waals surface area (Å²) < 4.78 is 0. The molecule has 1 aromatic rings. The molecule has 1 atom stereocenters. The molecule has 0 saturated carbocycles. The summed E-state index contributed by atoms with van der Waals surface area (Å²) in [6.45, 7) is 0. The SMILES string of the molecule is O=C(NC(CCS)C(=O)O)c1ccc(O)c(Cl)c1. The van der Waals surface area contributed by atoms with E-state index in [1.165, 1.54) is 18.2 Å². The Morgan fingerprint density at radius 2 is 2.11 bits per heavy atom.